The zero-order valence-electron chi connectivity index (χ0n) is 9.06. The minimum atomic E-state index is -0.355. The number of carbonyl (C=O) groups excluding carboxylic acids is 2. The van der Waals surface area contributed by atoms with Crippen LogP contribution in [-0.4, -0.2) is 25.2 Å². The number of hydrogen-bond acceptors (Lipinski definition) is 4. The lowest BCUT2D eigenvalue weighted by molar-refractivity contribution is -0.145. The molecule has 4 heteroatoms. The van der Waals surface area contributed by atoms with Crippen LogP contribution in [0.15, 0.2) is 12.2 Å². The largest absolute Gasteiger partial charge is 0.466 e. The molecule has 0 saturated heterocycles. The first-order valence-corrected chi connectivity index (χ1v) is 5.20. The van der Waals surface area contributed by atoms with Crippen molar-refractivity contribution >= 4 is 11.9 Å². The Bertz CT molecular complexity index is 270. The molecule has 0 spiro atoms. The van der Waals surface area contributed by atoms with Gasteiger partial charge in [0.25, 0.3) is 0 Å². The first kappa shape index (κ1) is 11.8. The van der Waals surface area contributed by atoms with Crippen LogP contribution in [0.2, 0.25) is 0 Å². The zero-order chi connectivity index (χ0) is 11.3. The van der Waals surface area contributed by atoms with E-state index in [1.807, 2.05) is 0 Å². The van der Waals surface area contributed by atoms with Gasteiger partial charge in [0.05, 0.1) is 19.1 Å². The Balaban J connectivity index is 2.26. The van der Waals surface area contributed by atoms with E-state index in [0.717, 1.165) is 6.42 Å². The predicted molar refractivity (Wildman–Crippen MR) is 54.0 cm³/mol. The van der Waals surface area contributed by atoms with Crippen molar-refractivity contribution in [2.24, 2.45) is 11.8 Å². The minimum absolute atomic E-state index is 0.0596. The van der Waals surface area contributed by atoms with Crippen LogP contribution in [0.1, 0.15) is 20.3 Å². The molecule has 15 heavy (non-hydrogen) atoms. The third kappa shape index (κ3) is 3.73. The quantitative estimate of drug-likeness (QED) is 0.509. The molecule has 1 aliphatic carbocycles. The average molecular weight is 212 g/mol. The highest BCUT2D eigenvalue weighted by atomic mass is 16.5. The molecule has 0 aliphatic heterocycles. The van der Waals surface area contributed by atoms with Gasteiger partial charge in [-0.2, -0.15) is 0 Å². The normalized spacial score (nSPS) is 23.9. The Labute approximate surface area is 89.2 Å². The molecule has 0 aromatic heterocycles. The Morgan fingerprint density at radius 1 is 1.27 bits per heavy atom. The van der Waals surface area contributed by atoms with Crippen LogP contribution in [0.25, 0.3) is 0 Å². The molecule has 0 radical (unpaired) electrons. The molecule has 4 nitrogen and oxygen atoms in total. The summed E-state index contributed by atoms with van der Waals surface area (Å²) in [4.78, 5) is 22.2. The zero-order valence-corrected chi connectivity index (χ0v) is 9.06. The van der Waals surface area contributed by atoms with Crippen molar-refractivity contribution < 1.29 is 19.1 Å². The molecule has 0 heterocycles. The molecular weight excluding hydrogens is 196 g/mol. The molecule has 1 rings (SSSR count). The van der Waals surface area contributed by atoms with Gasteiger partial charge in [-0.1, -0.05) is 6.08 Å². The molecule has 0 N–H and O–H groups in total. The fraction of sp³-hybridized carbons (Fsp3) is 0.636. The van der Waals surface area contributed by atoms with Gasteiger partial charge in [0.15, 0.2) is 0 Å². The number of ether oxygens (including phenoxy) is 2. The first-order valence-electron chi connectivity index (χ1n) is 5.20. The SMILES string of the molecule is CCOC(=O)/C=C\[C@@H]1C[C@H]1C(=O)OCC. The second-order valence-corrected chi connectivity index (χ2v) is 3.37. The highest BCUT2D eigenvalue weighted by Gasteiger charge is 2.42. The lowest BCUT2D eigenvalue weighted by atomic mass is 10.3. The fourth-order valence-electron chi connectivity index (χ4n) is 1.34. The van der Waals surface area contributed by atoms with Crippen molar-refractivity contribution in [3.05, 3.63) is 12.2 Å². The topological polar surface area (TPSA) is 52.6 Å². The van der Waals surface area contributed by atoms with E-state index in [4.69, 9.17) is 9.47 Å². The summed E-state index contributed by atoms with van der Waals surface area (Å²) >= 11 is 0. The van der Waals surface area contributed by atoms with Crippen LogP contribution in [0, 0.1) is 11.8 Å². The summed E-state index contributed by atoms with van der Waals surface area (Å²) in [6.07, 6.45) is 3.88. The highest BCUT2D eigenvalue weighted by Crippen LogP contribution is 2.40. The summed E-state index contributed by atoms with van der Waals surface area (Å²) in [5.74, 6) is -0.438. The molecule has 2 atom stereocenters. The molecule has 84 valence electrons. The monoisotopic (exact) mass is 212 g/mol. The van der Waals surface area contributed by atoms with Crippen molar-refractivity contribution in [2.75, 3.05) is 13.2 Å². The van der Waals surface area contributed by atoms with E-state index >= 15 is 0 Å². The third-order valence-corrected chi connectivity index (χ3v) is 2.20. The van der Waals surface area contributed by atoms with Gasteiger partial charge in [-0.3, -0.25) is 4.79 Å². The minimum Gasteiger partial charge on any atom is -0.466 e. The van der Waals surface area contributed by atoms with Gasteiger partial charge in [-0.15, -0.1) is 0 Å². The van der Waals surface area contributed by atoms with Gasteiger partial charge >= 0.3 is 11.9 Å². The van der Waals surface area contributed by atoms with Gasteiger partial charge in [-0.25, -0.2) is 4.79 Å². The van der Waals surface area contributed by atoms with Crippen LogP contribution in [0.5, 0.6) is 0 Å². The summed E-state index contributed by atoms with van der Waals surface area (Å²) in [7, 11) is 0. The maximum absolute atomic E-state index is 11.2. The summed E-state index contributed by atoms with van der Waals surface area (Å²) in [6, 6.07) is 0. The second kappa shape index (κ2) is 5.53. The number of esters is 2. The van der Waals surface area contributed by atoms with E-state index in [1.165, 1.54) is 6.08 Å². The van der Waals surface area contributed by atoms with Crippen LogP contribution in [0.4, 0.5) is 0 Å². The van der Waals surface area contributed by atoms with Crippen LogP contribution in [0.3, 0.4) is 0 Å². The molecular formula is C11H16O4. The lowest BCUT2D eigenvalue weighted by Crippen LogP contribution is -2.07. The standard InChI is InChI=1S/C11H16O4/c1-3-14-10(12)6-5-8-7-9(8)11(13)15-4-2/h5-6,8-9H,3-4,7H2,1-2H3/b6-5-/t8-,9-/m1/s1. The maximum atomic E-state index is 11.2. The molecule has 1 fully saturated rings. The second-order valence-electron chi connectivity index (χ2n) is 3.37. The van der Waals surface area contributed by atoms with Gasteiger partial charge in [0, 0.05) is 6.08 Å². The number of allylic oxidation sites excluding steroid dienone is 1. The smallest absolute Gasteiger partial charge is 0.330 e. The van der Waals surface area contributed by atoms with E-state index in [-0.39, 0.29) is 23.8 Å². The third-order valence-electron chi connectivity index (χ3n) is 2.20. The van der Waals surface area contributed by atoms with Crippen molar-refractivity contribution in [1.82, 2.24) is 0 Å². The van der Waals surface area contributed by atoms with E-state index in [9.17, 15) is 9.59 Å². The van der Waals surface area contributed by atoms with Crippen molar-refractivity contribution in [1.29, 1.82) is 0 Å². The Kier molecular flexibility index (Phi) is 4.34. The molecule has 0 bridgehead atoms. The van der Waals surface area contributed by atoms with Crippen LogP contribution in [-0.2, 0) is 19.1 Å². The fourth-order valence-corrected chi connectivity index (χ4v) is 1.34. The number of rotatable bonds is 5. The summed E-state index contributed by atoms with van der Waals surface area (Å²) in [6.45, 7) is 4.31. The Morgan fingerprint density at radius 3 is 2.53 bits per heavy atom. The van der Waals surface area contributed by atoms with Crippen LogP contribution < -0.4 is 0 Å². The van der Waals surface area contributed by atoms with E-state index in [2.05, 4.69) is 0 Å². The summed E-state index contributed by atoms with van der Waals surface area (Å²) < 4.78 is 9.58. The van der Waals surface area contributed by atoms with Gasteiger partial charge in [0.2, 0.25) is 0 Å². The molecule has 0 aromatic carbocycles. The van der Waals surface area contributed by atoms with Gasteiger partial charge in [-0.05, 0) is 26.2 Å². The Hall–Kier alpha value is -1.32. The molecule has 0 aromatic rings. The van der Waals surface area contributed by atoms with E-state index in [0.29, 0.717) is 13.2 Å². The van der Waals surface area contributed by atoms with Gasteiger partial charge in [0.1, 0.15) is 0 Å². The Morgan fingerprint density at radius 2 is 1.93 bits per heavy atom. The average Bonchev–Trinajstić information content (AvgIpc) is 2.95. The van der Waals surface area contributed by atoms with Crippen molar-refractivity contribution in [3.8, 4) is 0 Å². The summed E-state index contributed by atoms with van der Waals surface area (Å²) in [5, 5.41) is 0. The van der Waals surface area contributed by atoms with Crippen LogP contribution >= 0.6 is 0 Å². The van der Waals surface area contributed by atoms with Crippen molar-refractivity contribution in [3.63, 3.8) is 0 Å². The molecule has 0 amide bonds. The molecule has 1 aliphatic rings. The van der Waals surface area contributed by atoms with E-state index < -0.39 is 0 Å². The van der Waals surface area contributed by atoms with Crippen molar-refractivity contribution in [2.45, 2.75) is 20.3 Å². The van der Waals surface area contributed by atoms with Gasteiger partial charge < -0.3 is 9.47 Å². The predicted octanol–water partition coefficient (Wildman–Crippen LogP) is 1.30. The molecule has 0 unspecified atom stereocenters. The first-order chi connectivity index (χ1) is 7.19. The number of hydrogen-bond donors (Lipinski definition) is 0. The lowest BCUT2D eigenvalue weighted by Gasteiger charge is -1.98. The number of carbonyl (C=O) groups is 2. The maximum Gasteiger partial charge on any atom is 0.330 e. The molecule has 1 saturated carbocycles. The van der Waals surface area contributed by atoms with E-state index in [1.54, 1.807) is 19.9 Å². The summed E-state index contributed by atoms with van der Waals surface area (Å²) in [5.41, 5.74) is 0. The highest BCUT2D eigenvalue weighted by molar-refractivity contribution is 5.82.